The summed E-state index contributed by atoms with van der Waals surface area (Å²) >= 11 is 15.6. The van der Waals surface area contributed by atoms with Crippen molar-refractivity contribution in [2.24, 2.45) is 7.05 Å². The number of hydrogen-bond donors (Lipinski definition) is 0. The maximum atomic E-state index is 6.13. The molecule has 0 unspecified atom stereocenters. The summed E-state index contributed by atoms with van der Waals surface area (Å²) in [4.78, 5) is 0. The van der Waals surface area contributed by atoms with E-state index in [2.05, 4.69) is 21.0 Å². The molecule has 0 N–H and O–H groups in total. The first kappa shape index (κ1) is 13.7. The molecule has 96 valence electrons. The summed E-state index contributed by atoms with van der Waals surface area (Å²) in [5.74, 6) is 0.616. The maximum absolute atomic E-state index is 6.13. The van der Waals surface area contributed by atoms with E-state index in [1.54, 1.807) is 17.8 Å². The van der Waals surface area contributed by atoms with Crippen LogP contribution < -0.4 is 4.74 Å². The Bertz CT molecular complexity index is 584. The number of aromatic nitrogens is 2. The lowest BCUT2D eigenvalue weighted by atomic mass is 10.3. The molecule has 0 fully saturated rings. The molecule has 3 nitrogen and oxygen atoms in total. The zero-order valence-corrected chi connectivity index (χ0v) is 13.0. The molecule has 1 aromatic carbocycles. The number of rotatable bonds is 3. The molecule has 0 saturated carbocycles. The summed E-state index contributed by atoms with van der Waals surface area (Å²) in [6.45, 7) is 2.24. The van der Waals surface area contributed by atoms with Gasteiger partial charge in [0.05, 0.1) is 10.7 Å². The smallest absolute Gasteiger partial charge is 0.139 e. The Balaban J connectivity index is 2.19. The van der Waals surface area contributed by atoms with Gasteiger partial charge in [-0.3, -0.25) is 4.68 Å². The van der Waals surface area contributed by atoms with Gasteiger partial charge >= 0.3 is 0 Å². The highest BCUT2D eigenvalue weighted by molar-refractivity contribution is 9.10. The summed E-state index contributed by atoms with van der Waals surface area (Å²) in [7, 11) is 1.80. The Morgan fingerprint density at radius 3 is 2.72 bits per heavy atom. The van der Waals surface area contributed by atoms with Gasteiger partial charge in [-0.2, -0.15) is 5.10 Å². The van der Waals surface area contributed by atoms with Crippen molar-refractivity contribution < 1.29 is 4.74 Å². The molecule has 0 atom stereocenters. The van der Waals surface area contributed by atoms with Crippen LogP contribution in [0.15, 0.2) is 22.7 Å². The van der Waals surface area contributed by atoms with E-state index in [4.69, 9.17) is 27.9 Å². The second-order valence-corrected chi connectivity index (χ2v) is 5.52. The first-order chi connectivity index (χ1) is 8.49. The lowest BCUT2D eigenvalue weighted by Gasteiger charge is -2.08. The van der Waals surface area contributed by atoms with Crippen molar-refractivity contribution in [3.63, 3.8) is 0 Å². The Morgan fingerprint density at radius 1 is 1.39 bits per heavy atom. The zero-order valence-electron chi connectivity index (χ0n) is 9.88. The summed E-state index contributed by atoms with van der Waals surface area (Å²) in [6, 6.07) is 5.46. The van der Waals surface area contributed by atoms with Gasteiger partial charge in [0, 0.05) is 17.1 Å². The number of aryl methyl sites for hydroxylation is 2. The molecule has 0 spiro atoms. The minimum atomic E-state index is 0.342. The second-order valence-electron chi connectivity index (χ2n) is 3.84. The molecule has 0 bridgehead atoms. The van der Waals surface area contributed by atoms with E-state index >= 15 is 0 Å². The standard InChI is InChI=1S/C12H11BrCl2N2O/c1-7-9(12(15)17(2)16-7)6-18-11-5-8(13)3-4-10(11)14/h3-5H,6H2,1-2H3. The number of nitrogens with zero attached hydrogens (tertiary/aromatic N) is 2. The first-order valence-corrected chi connectivity index (χ1v) is 6.79. The normalized spacial score (nSPS) is 10.7. The van der Waals surface area contributed by atoms with Crippen molar-refractivity contribution >= 4 is 39.1 Å². The molecule has 0 aliphatic rings. The van der Waals surface area contributed by atoms with Gasteiger partial charge < -0.3 is 4.74 Å². The number of hydrogen-bond acceptors (Lipinski definition) is 2. The third-order valence-corrected chi connectivity index (χ3v) is 3.81. The Hall–Kier alpha value is -0.710. The average Bonchev–Trinajstić information content (AvgIpc) is 2.55. The quantitative estimate of drug-likeness (QED) is 0.822. The van der Waals surface area contributed by atoms with Crippen LogP contribution in [0.1, 0.15) is 11.3 Å². The molecule has 6 heteroatoms. The van der Waals surface area contributed by atoms with Crippen LogP contribution in [0.4, 0.5) is 0 Å². The van der Waals surface area contributed by atoms with E-state index in [1.165, 1.54) is 0 Å². The van der Waals surface area contributed by atoms with Gasteiger partial charge in [0.25, 0.3) is 0 Å². The topological polar surface area (TPSA) is 27.1 Å². The molecule has 0 aliphatic heterocycles. The van der Waals surface area contributed by atoms with Crippen molar-refractivity contribution in [2.75, 3.05) is 0 Å². The largest absolute Gasteiger partial charge is 0.487 e. The third-order valence-electron chi connectivity index (χ3n) is 2.54. The first-order valence-electron chi connectivity index (χ1n) is 5.25. The van der Waals surface area contributed by atoms with E-state index in [9.17, 15) is 0 Å². The zero-order chi connectivity index (χ0) is 13.3. The van der Waals surface area contributed by atoms with Gasteiger partial charge in [0.2, 0.25) is 0 Å². The fourth-order valence-corrected chi connectivity index (χ4v) is 2.32. The molecule has 0 amide bonds. The number of benzene rings is 1. The molecule has 2 aromatic rings. The van der Waals surface area contributed by atoms with Crippen molar-refractivity contribution in [1.29, 1.82) is 0 Å². The molecule has 2 rings (SSSR count). The van der Waals surface area contributed by atoms with Crippen LogP contribution in [-0.4, -0.2) is 9.78 Å². The molecule has 1 heterocycles. The summed E-state index contributed by atoms with van der Waals surface area (Å²) in [5, 5.41) is 5.37. The van der Waals surface area contributed by atoms with E-state index in [-0.39, 0.29) is 0 Å². The van der Waals surface area contributed by atoms with Gasteiger partial charge in [-0.05, 0) is 25.1 Å². The van der Waals surface area contributed by atoms with Gasteiger partial charge in [-0.1, -0.05) is 39.1 Å². The summed E-state index contributed by atoms with van der Waals surface area (Å²) in [6.07, 6.45) is 0. The predicted molar refractivity (Wildman–Crippen MR) is 76.4 cm³/mol. The number of halogens is 3. The fourth-order valence-electron chi connectivity index (χ4n) is 1.58. The molecule has 0 saturated heterocycles. The minimum absolute atomic E-state index is 0.342. The third kappa shape index (κ3) is 2.82. The molecule has 1 aromatic heterocycles. The van der Waals surface area contributed by atoms with Gasteiger partial charge in [0.1, 0.15) is 17.5 Å². The second kappa shape index (κ2) is 5.51. The SMILES string of the molecule is Cc1nn(C)c(Cl)c1COc1cc(Br)ccc1Cl. The Labute approximate surface area is 124 Å². The highest BCUT2D eigenvalue weighted by atomic mass is 79.9. The van der Waals surface area contributed by atoms with E-state index in [0.29, 0.717) is 22.5 Å². The lowest BCUT2D eigenvalue weighted by molar-refractivity contribution is 0.305. The summed E-state index contributed by atoms with van der Waals surface area (Å²) in [5.41, 5.74) is 1.73. The molecular formula is C12H11BrCl2N2O. The van der Waals surface area contributed by atoms with Crippen LogP contribution in [0.25, 0.3) is 0 Å². The molecule has 0 aliphatic carbocycles. The highest BCUT2D eigenvalue weighted by Crippen LogP contribution is 2.29. The van der Waals surface area contributed by atoms with Crippen LogP contribution in [0, 0.1) is 6.92 Å². The van der Waals surface area contributed by atoms with Crippen LogP contribution in [0.5, 0.6) is 5.75 Å². The van der Waals surface area contributed by atoms with Crippen LogP contribution in [0.2, 0.25) is 10.2 Å². The van der Waals surface area contributed by atoms with Crippen LogP contribution >= 0.6 is 39.1 Å². The van der Waals surface area contributed by atoms with E-state index < -0.39 is 0 Å². The Morgan fingerprint density at radius 2 is 2.11 bits per heavy atom. The van der Waals surface area contributed by atoms with Crippen LogP contribution in [-0.2, 0) is 13.7 Å². The van der Waals surface area contributed by atoms with Gasteiger partial charge in [0.15, 0.2) is 0 Å². The fraction of sp³-hybridized carbons (Fsp3) is 0.250. The van der Waals surface area contributed by atoms with Crippen molar-refractivity contribution in [3.8, 4) is 5.75 Å². The predicted octanol–water partition coefficient (Wildman–Crippen LogP) is 4.38. The maximum Gasteiger partial charge on any atom is 0.139 e. The van der Waals surface area contributed by atoms with Crippen LogP contribution in [0.3, 0.4) is 0 Å². The molecule has 18 heavy (non-hydrogen) atoms. The van der Waals surface area contributed by atoms with Gasteiger partial charge in [-0.15, -0.1) is 0 Å². The Kier molecular flexibility index (Phi) is 4.20. The van der Waals surface area contributed by atoms with E-state index in [0.717, 1.165) is 15.7 Å². The number of ether oxygens (including phenoxy) is 1. The van der Waals surface area contributed by atoms with E-state index in [1.807, 2.05) is 19.1 Å². The van der Waals surface area contributed by atoms with Gasteiger partial charge in [-0.25, -0.2) is 0 Å². The lowest BCUT2D eigenvalue weighted by Crippen LogP contribution is -1.97. The van der Waals surface area contributed by atoms with Crippen molar-refractivity contribution in [2.45, 2.75) is 13.5 Å². The summed E-state index contributed by atoms with van der Waals surface area (Å²) < 4.78 is 8.21. The van der Waals surface area contributed by atoms with Crippen molar-refractivity contribution in [3.05, 3.63) is 44.1 Å². The minimum Gasteiger partial charge on any atom is -0.487 e. The molecular weight excluding hydrogens is 339 g/mol. The highest BCUT2D eigenvalue weighted by Gasteiger charge is 2.12. The average molecular weight is 350 g/mol. The monoisotopic (exact) mass is 348 g/mol. The molecule has 0 radical (unpaired) electrons. The van der Waals surface area contributed by atoms with Crippen molar-refractivity contribution in [1.82, 2.24) is 9.78 Å².